The normalized spacial score (nSPS) is 15.3. The number of hydrogen-bond donors (Lipinski definition) is 4. The van der Waals surface area contributed by atoms with Crippen molar-refractivity contribution in [2.24, 2.45) is 9.98 Å². The Morgan fingerprint density at radius 2 is 0.972 bits per heavy atom. The SMILES string of the molecule is Brc1c(-c2ccc(-c3[nH]c4cc(C5=NCCN5)ccc4c3Br)cc2)[nH]c2cc(C3=NCCN3)ccc12. The summed E-state index contributed by atoms with van der Waals surface area (Å²) >= 11 is 7.65. The average molecular weight is 602 g/mol. The zero-order valence-corrected chi connectivity index (χ0v) is 22.4. The lowest BCUT2D eigenvalue weighted by Crippen LogP contribution is -2.19. The highest BCUT2D eigenvalue weighted by Gasteiger charge is 2.17. The van der Waals surface area contributed by atoms with Gasteiger partial charge in [0.15, 0.2) is 0 Å². The van der Waals surface area contributed by atoms with Crippen LogP contribution >= 0.6 is 31.9 Å². The average Bonchev–Trinajstić information content (AvgIpc) is 3.72. The van der Waals surface area contributed by atoms with Crippen molar-refractivity contribution in [2.45, 2.75) is 0 Å². The number of aliphatic imine (C=N–C) groups is 2. The molecule has 0 unspecified atom stereocenters. The number of benzene rings is 3. The molecule has 2 aliphatic rings. The van der Waals surface area contributed by atoms with E-state index in [0.29, 0.717) is 0 Å². The Kier molecular flexibility index (Phi) is 5.25. The van der Waals surface area contributed by atoms with Gasteiger partial charge in [-0.2, -0.15) is 0 Å². The van der Waals surface area contributed by atoms with Gasteiger partial charge in [-0.1, -0.05) is 48.5 Å². The third-order valence-corrected chi connectivity index (χ3v) is 8.48. The molecule has 6 nitrogen and oxygen atoms in total. The molecule has 3 aromatic carbocycles. The Morgan fingerprint density at radius 3 is 1.36 bits per heavy atom. The predicted molar refractivity (Wildman–Crippen MR) is 155 cm³/mol. The second-order valence-corrected chi connectivity index (χ2v) is 10.6. The van der Waals surface area contributed by atoms with Gasteiger partial charge in [0, 0.05) is 46.0 Å². The topological polar surface area (TPSA) is 80.4 Å². The summed E-state index contributed by atoms with van der Waals surface area (Å²) in [6.07, 6.45) is 0. The fourth-order valence-corrected chi connectivity index (χ4v) is 6.35. The van der Waals surface area contributed by atoms with E-state index in [1.807, 2.05) is 0 Å². The van der Waals surface area contributed by atoms with Gasteiger partial charge in [-0.05, 0) is 55.1 Å². The molecule has 4 N–H and O–H groups in total. The molecular weight excluding hydrogens is 580 g/mol. The van der Waals surface area contributed by atoms with Crippen LogP contribution in [0.4, 0.5) is 0 Å². The van der Waals surface area contributed by atoms with Crippen molar-refractivity contribution in [3.05, 3.63) is 80.7 Å². The lowest BCUT2D eigenvalue weighted by Gasteiger charge is -2.04. The Balaban J connectivity index is 1.23. The van der Waals surface area contributed by atoms with Crippen LogP contribution in [0.25, 0.3) is 44.3 Å². The number of nitrogens with one attached hydrogen (secondary N) is 4. The summed E-state index contributed by atoms with van der Waals surface area (Å²) in [5.41, 5.74) is 8.78. The number of hydrogen-bond acceptors (Lipinski definition) is 4. The maximum atomic E-state index is 4.55. The van der Waals surface area contributed by atoms with Crippen molar-refractivity contribution in [1.29, 1.82) is 0 Å². The summed E-state index contributed by atoms with van der Waals surface area (Å²) in [6, 6.07) is 21.5. The molecule has 2 aromatic heterocycles. The Hall–Kier alpha value is -3.36. The number of H-pyrrole nitrogens is 2. The number of nitrogens with zero attached hydrogens (tertiary/aromatic N) is 2. The summed E-state index contributed by atoms with van der Waals surface area (Å²) in [7, 11) is 0. The molecule has 36 heavy (non-hydrogen) atoms. The minimum atomic E-state index is 0.833. The molecule has 178 valence electrons. The van der Waals surface area contributed by atoms with Crippen molar-refractivity contribution in [3.63, 3.8) is 0 Å². The van der Waals surface area contributed by atoms with Gasteiger partial charge >= 0.3 is 0 Å². The fourth-order valence-electron chi connectivity index (χ4n) is 5.01. The molecule has 0 saturated carbocycles. The molecular formula is C28H22Br2N6. The van der Waals surface area contributed by atoms with Crippen LogP contribution in [0.5, 0.6) is 0 Å². The van der Waals surface area contributed by atoms with Gasteiger partial charge in [0.25, 0.3) is 0 Å². The van der Waals surface area contributed by atoms with E-state index < -0.39 is 0 Å². The first kappa shape index (κ1) is 21.9. The molecule has 8 heteroatoms. The summed E-state index contributed by atoms with van der Waals surface area (Å²) in [5.74, 6) is 1.94. The molecule has 0 bridgehead atoms. The molecule has 0 aliphatic carbocycles. The predicted octanol–water partition coefficient (Wildman–Crippen LogP) is 6.21. The second-order valence-electron chi connectivity index (χ2n) is 9.04. The number of amidine groups is 2. The molecule has 5 aromatic rings. The number of aromatic nitrogens is 2. The van der Waals surface area contributed by atoms with E-state index in [0.717, 1.165) is 102 Å². The maximum Gasteiger partial charge on any atom is 0.128 e. The summed E-state index contributed by atoms with van der Waals surface area (Å²) in [5, 5.41) is 9.02. The zero-order chi connectivity index (χ0) is 24.2. The van der Waals surface area contributed by atoms with Crippen molar-refractivity contribution in [2.75, 3.05) is 26.2 Å². The molecule has 0 spiro atoms. The number of halogens is 2. The third kappa shape index (κ3) is 3.59. The molecule has 0 fully saturated rings. The highest BCUT2D eigenvalue weighted by molar-refractivity contribution is 9.11. The van der Waals surface area contributed by atoms with E-state index in [-0.39, 0.29) is 0 Å². The molecule has 0 amide bonds. The standard InChI is InChI=1S/C28H22Br2N6/c29-23-19-7-5-17(27-31-9-10-32-27)13-21(19)35-25(23)15-1-2-16(4-3-15)26-24(30)20-8-6-18(14-22(20)36-26)28-33-11-12-34-28/h1-8,13-14,35-36H,9-12H2,(H,31,32)(H,33,34). The maximum absolute atomic E-state index is 4.55. The first-order valence-electron chi connectivity index (χ1n) is 12.0. The Bertz CT molecular complexity index is 1580. The van der Waals surface area contributed by atoms with E-state index in [9.17, 15) is 0 Å². The van der Waals surface area contributed by atoms with Crippen LogP contribution in [0.15, 0.2) is 79.6 Å². The van der Waals surface area contributed by atoms with Gasteiger partial charge < -0.3 is 20.6 Å². The monoisotopic (exact) mass is 600 g/mol. The molecule has 4 heterocycles. The van der Waals surface area contributed by atoms with Crippen LogP contribution in [0, 0.1) is 0 Å². The molecule has 2 aliphatic heterocycles. The Morgan fingerprint density at radius 1 is 0.556 bits per heavy atom. The van der Waals surface area contributed by atoms with E-state index in [1.165, 1.54) is 0 Å². The van der Waals surface area contributed by atoms with E-state index in [1.54, 1.807) is 0 Å². The second kappa shape index (κ2) is 8.64. The lowest BCUT2D eigenvalue weighted by molar-refractivity contribution is 0.960. The van der Waals surface area contributed by atoms with Gasteiger partial charge in [-0.3, -0.25) is 9.98 Å². The largest absolute Gasteiger partial charge is 0.368 e. The minimum absolute atomic E-state index is 0.833. The van der Waals surface area contributed by atoms with Crippen LogP contribution in [-0.2, 0) is 0 Å². The van der Waals surface area contributed by atoms with Crippen molar-refractivity contribution < 1.29 is 0 Å². The first-order valence-corrected chi connectivity index (χ1v) is 13.5. The van der Waals surface area contributed by atoms with Crippen molar-refractivity contribution >= 4 is 65.3 Å². The summed E-state index contributed by atoms with van der Waals surface area (Å²) in [6.45, 7) is 3.47. The quantitative estimate of drug-likeness (QED) is 0.198. The van der Waals surface area contributed by atoms with Gasteiger partial charge in [-0.25, -0.2) is 0 Å². The molecule has 0 radical (unpaired) electrons. The van der Waals surface area contributed by atoms with Gasteiger partial charge in [0.05, 0.1) is 33.4 Å². The van der Waals surface area contributed by atoms with Crippen LogP contribution in [0.3, 0.4) is 0 Å². The van der Waals surface area contributed by atoms with E-state index in [4.69, 9.17) is 0 Å². The highest BCUT2D eigenvalue weighted by Crippen LogP contribution is 2.38. The third-order valence-electron chi connectivity index (χ3n) is 6.83. The highest BCUT2D eigenvalue weighted by atomic mass is 79.9. The molecule has 0 atom stereocenters. The molecule has 0 saturated heterocycles. The van der Waals surface area contributed by atoms with Crippen LogP contribution in [-0.4, -0.2) is 47.8 Å². The number of fused-ring (bicyclic) bond motifs is 2. The number of rotatable bonds is 4. The Labute approximate surface area is 224 Å². The lowest BCUT2D eigenvalue weighted by atomic mass is 10.1. The summed E-state index contributed by atoms with van der Waals surface area (Å²) < 4.78 is 2.14. The van der Waals surface area contributed by atoms with Gasteiger partial charge in [0.2, 0.25) is 0 Å². The molecule has 7 rings (SSSR count). The van der Waals surface area contributed by atoms with Crippen LogP contribution < -0.4 is 10.6 Å². The van der Waals surface area contributed by atoms with Crippen LogP contribution in [0.2, 0.25) is 0 Å². The zero-order valence-electron chi connectivity index (χ0n) is 19.3. The smallest absolute Gasteiger partial charge is 0.128 e. The van der Waals surface area contributed by atoms with Crippen LogP contribution in [0.1, 0.15) is 11.1 Å². The van der Waals surface area contributed by atoms with Crippen molar-refractivity contribution in [3.8, 4) is 22.5 Å². The first-order chi connectivity index (χ1) is 17.7. The van der Waals surface area contributed by atoms with Gasteiger partial charge in [-0.15, -0.1) is 0 Å². The van der Waals surface area contributed by atoms with Crippen molar-refractivity contribution in [1.82, 2.24) is 20.6 Å². The summed E-state index contributed by atoms with van der Waals surface area (Å²) in [4.78, 5) is 16.3. The number of aromatic amines is 2. The van der Waals surface area contributed by atoms with Gasteiger partial charge in [0.1, 0.15) is 11.7 Å². The van der Waals surface area contributed by atoms with E-state index >= 15 is 0 Å². The van der Waals surface area contributed by atoms with E-state index in [2.05, 4.69) is 123 Å². The fraction of sp³-hybridized carbons (Fsp3) is 0.143. The minimum Gasteiger partial charge on any atom is -0.368 e.